The minimum atomic E-state index is -0.561. The number of rotatable bonds is 3. The summed E-state index contributed by atoms with van der Waals surface area (Å²) < 4.78 is 9.94. The fraction of sp³-hybridized carbons (Fsp3) is 0.222. The van der Waals surface area contributed by atoms with Crippen molar-refractivity contribution >= 4 is 5.91 Å². The number of carbonyl (C=O) groups excluding carboxylic acids is 1. The second-order valence-corrected chi connectivity index (χ2v) is 2.40. The molecule has 13 heavy (non-hydrogen) atoms. The number of hydrogen-bond donors (Lipinski definition) is 1. The average molecular weight is 181 g/mol. The fourth-order valence-electron chi connectivity index (χ4n) is 1.09. The van der Waals surface area contributed by atoms with Gasteiger partial charge in [-0.25, -0.2) is 0 Å². The van der Waals surface area contributed by atoms with Gasteiger partial charge in [-0.05, 0) is 12.1 Å². The zero-order valence-electron chi connectivity index (χ0n) is 7.53. The van der Waals surface area contributed by atoms with Gasteiger partial charge in [0.25, 0.3) is 5.91 Å². The minimum Gasteiger partial charge on any atom is -0.496 e. The van der Waals surface area contributed by atoms with Crippen LogP contribution >= 0.6 is 0 Å². The van der Waals surface area contributed by atoms with E-state index in [1.165, 1.54) is 14.2 Å². The van der Waals surface area contributed by atoms with Gasteiger partial charge in [-0.2, -0.15) is 0 Å². The standard InChI is InChI=1S/C9H11NO3/c1-12-6-4-3-5-7(13-2)8(6)9(10)11/h3-5H,1-2H3,(H2,10,11). The lowest BCUT2D eigenvalue weighted by molar-refractivity contribution is 0.0994. The molecule has 0 fully saturated rings. The van der Waals surface area contributed by atoms with Crippen molar-refractivity contribution in [3.63, 3.8) is 0 Å². The number of amides is 1. The van der Waals surface area contributed by atoms with E-state index < -0.39 is 5.91 Å². The number of methoxy groups -OCH3 is 2. The summed E-state index contributed by atoms with van der Waals surface area (Å²) in [7, 11) is 2.95. The van der Waals surface area contributed by atoms with E-state index in [4.69, 9.17) is 15.2 Å². The third-order valence-electron chi connectivity index (χ3n) is 1.67. The molecule has 2 N–H and O–H groups in total. The molecular formula is C9H11NO3. The van der Waals surface area contributed by atoms with Gasteiger partial charge in [0.15, 0.2) is 0 Å². The molecule has 1 aromatic carbocycles. The van der Waals surface area contributed by atoms with Crippen molar-refractivity contribution in [3.8, 4) is 11.5 Å². The van der Waals surface area contributed by atoms with Gasteiger partial charge in [-0.15, -0.1) is 0 Å². The maximum atomic E-state index is 11.0. The van der Waals surface area contributed by atoms with Crippen LogP contribution in [-0.4, -0.2) is 20.1 Å². The molecule has 0 aliphatic heterocycles. The van der Waals surface area contributed by atoms with Gasteiger partial charge in [-0.1, -0.05) is 6.07 Å². The second-order valence-electron chi connectivity index (χ2n) is 2.40. The van der Waals surface area contributed by atoms with Crippen LogP contribution in [0.5, 0.6) is 11.5 Å². The molecule has 0 unspecified atom stereocenters. The topological polar surface area (TPSA) is 61.6 Å². The monoisotopic (exact) mass is 181 g/mol. The fourth-order valence-corrected chi connectivity index (χ4v) is 1.09. The van der Waals surface area contributed by atoms with E-state index in [9.17, 15) is 4.79 Å². The van der Waals surface area contributed by atoms with Gasteiger partial charge in [0.05, 0.1) is 14.2 Å². The molecule has 1 rings (SSSR count). The van der Waals surface area contributed by atoms with Crippen molar-refractivity contribution in [3.05, 3.63) is 23.8 Å². The quantitative estimate of drug-likeness (QED) is 0.750. The van der Waals surface area contributed by atoms with Gasteiger partial charge in [0, 0.05) is 0 Å². The average Bonchev–Trinajstić information content (AvgIpc) is 2.16. The number of carbonyl (C=O) groups is 1. The Bertz CT molecular complexity index is 300. The van der Waals surface area contributed by atoms with E-state index in [0.29, 0.717) is 11.5 Å². The first kappa shape index (κ1) is 9.38. The maximum Gasteiger partial charge on any atom is 0.256 e. The van der Waals surface area contributed by atoms with Crippen LogP contribution in [0.15, 0.2) is 18.2 Å². The Kier molecular flexibility index (Phi) is 2.74. The molecule has 0 spiro atoms. The van der Waals surface area contributed by atoms with Crippen LogP contribution in [0, 0.1) is 0 Å². The van der Waals surface area contributed by atoms with E-state index in [2.05, 4.69) is 0 Å². The first-order chi connectivity index (χ1) is 6.20. The zero-order valence-corrected chi connectivity index (χ0v) is 7.53. The number of benzene rings is 1. The lowest BCUT2D eigenvalue weighted by Crippen LogP contribution is -2.13. The lowest BCUT2D eigenvalue weighted by Gasteiger charge is -2.09. The molecule has 1 aromatic rings. The summed E-state index contributed by atoms with van der Waals surface area (Å²) in [6.45, 7) is 0. The summed E-state index contributed by atoms with van der Waals surface area (Å²) in [5.74, 6) is 0.285. The van der Waals surface area contributed by atoms with Crippen LogP contribution in [-0.2, 0) is 0 Å². The number of primary amides is 1. The summed E-state index contributed by atoms with van der Waals surface area (Å²) in [5, 5.41) is 0. The number of hydrogen-bond acceptors (Lipinski definition) is 3. The molecule has 1 amide bonds. The molecule has 0 saturated carbocycles. The van der Waals surface area contributed by atoms with Crippen LogP contribution < -0.4 is 15.2 Å². The molecule has 0 heterocycles. The first-order valence-corrected chi connectivity index (χ1v) is 3.71. The second kappa shape index (κ2) is 3.80. The van der Waals surface area contributed by atoms with Crippen LogP contribution in [0.1, 0.15) is 10.4 Å². The van der Waals surface area contributed by atoms with Crippen molar-refractivity contribution < 1.29 is 14.3 Å². The lowest BCUT2D eigenvalue weighted by atomic mass is 10.1. The normalized spacial score (nSPS) is 9.38. The Morgan fingerprint density at radius 2 is 1.69 bits per heavy atom. The maximum absolute atomic E-state index is 11.0. The molecule has 0 atom stereocenters. The summed E-state index contributed by atoms with van der Waals surface area (Å²) in [4.78, 5) is 11.0. The van der Waals surface area contributed by atoms with Gasteiger partial charge >= 0.3 is 0 Å². The zero-order chi connectivity index (χ0) is 9.84. The number of ether oxygens (including phenoxy) is 2. The Balaban J connectivity index is 3.29. The highest BCUT2D eigenvalue weighted by Gasteiger charge is 2.14. The van der Waals surface area contributed by atoms with Crippen LogP contribution in [0.4, 0.5) is 0 Å². The minimum absolute atomic E-state index is 0.271. The Morgan fingerprint density at radius 1 is 1.23 bits per heavy atom. The summed E-state index contributed by atoms with van der Waals surface area (Å²) in [6, 6.07) is 5.04. The molecule has 0 saturated heterocycles. The van der Waals surface area contributed by atoms with Gasteiger partial charge in [0.2, 0.25) is 0 Å². The van der Waals surface area contributed by atoms with E-state index in [0.717, 1.165) is 0 Å². The van der Waals surface area contributed by atoms with E-state index in [1.807, 2.05) is 0 Å². The van der Waals surface area contributed by atoms with Crippen molar-refractivity contribution in [2.45, 2.75) is 0 Å². The highest BCUT2D eigenvalue weighted by molar-refractivity contribution is 5.98. The highest BCUT2D eigenvalue weighted by atomic mass is 16.5. The van der Waals surface area contributed by atoms with Crippen molar-refractivity contribution in [2.24, 2.45) is 5.73 Å². The van der Waals surface area contributed by atoms with Gasteiger partial charge in [-0.3, -0.25) is 4.79 Å². The summed E-state index contributed by atoms with van der Waals surface area (Å²) in [6.07, 6.45) is 0. The van der Waals surface area contributed by atoms with E-state index >= 15 is 0 Å². The molecule has 0 aromatic heterocycles. The number of nitrogens with two attached hydrogens (primary N) is 1. The Hall–Kier alpha value is -1.71. The van der Waals surface area contributed by atoms with Crippen LogP contribution in [0.2, 0.25) is 0 Å². The van der Waals surface area contributed by atoms with Crippen LogP contribution in [0.3, 0.4) is 0 Å². The molecule has 0 radical (unpaired) electrons. The molecule has 0 aliphatic carbocycles. The SMILES string of the molecule is COc1cccc(OC)c1C(N)=O. The summed E-state index contributed by atoms with van der Waals surface area (Å²) in [5.41, 5.74) is 5.44. The third kappa shape index (κ3) is 1.72. The van der Waals surface area contributed by atoms with E-state index in [1.54, 1.807) is 18.2 Å². The Morgan fingerprint density at radius 3 is 2.00 bits per heavy atom. The molecule has 0 aliphatic rings. The van der Waals surface area contributed by atoms with Gasteiger partial charge in [0.1, 0.15) is 17.1 Å². The highest BCUT2D eigenvalue weighted by Crippen LogP contribution is 2.27. The van der Waals surface area contributed by atoms with E-state index in [-0.39, 0.29) is 5.56 Å². The van der Waals surface area contributed by atoms with Crippen molar-refractivity contribution in [1.82, 2.24) is 0 Å². The molecule has 70 valence electrons. The van der Waals surface area contributed by atoms with Crippen molar-refractivity contribution in [1.29, 1.82) is 0 Å². The predicted molar refractivity (Wildman–Crippen MR) is 48.1 cm³/mol. The van der Waals surface area contributed by atoms with Crippen molar-refractivity contribution in [2.75, 3.05) is 14.2 Å². The Labute approximate surface area is 76.3 Å². The molecular weight excluding hydrogens is 170 g/mol. The first-order valence-electron chi connectivity index (χ1n) is 3.71. The third-order valence-corrected chi connectivity index (χ3v) is 1.67. The largest absolute Gasteiger partial charge is 0.496 e. The summed E-state index contributed by atoms with van der Waals surface area (Å²) >= 11 is 0. The molecule has 4 nitrogen and oxygen atoms in total. The van der Waals surface area contributed by atoms with Crippen LogP contribution in [0.25, 0.3) is 0 Å². The van der Waals surface area contributed by atoms with Gasteiger partial charge < -0.3 is 15.2 Å². The molecule has 0 bridgehead atoms. The smallest absolute Gasteiger partial charge is 0.256 e. The predicted octanol–water partition coefficient (Wildman–Crippen LogP) is 0.803. The molecule has 4 heteroatoms.